The number of rotatable bonds is 4. The average molecular weight is 387 g/mol. The highest BCUT2D eigenvalue weighted by atomic mass is 16.2. The van der Waals surface area contributed by atoms with E-state index in [1.165, 1.54) is 11.1 Å². The topological polar surface area (TPSA) is 32.3 Å². The van der Waals surface area contributed by atoms with Crippen LogP contribution in [0.4, 0.5) is 22.7 Å². The highest BCUT2D eigenvalue weighted by Gasteiger charge is 2.22. The average Bonchev–Trinajstić information content (AvgIpc) is 2.66. The van der Waals surface area contributed by atoms with E-state index in [9.17, 15) is 4.79 Å². The Balaban J connectivity index is 2.08. The molecule has 0 spiro atoms. The fraction of sp³-hybridized carbons (Fsp3) is 0.269. The summed E-state index contributed by atoms with van der Waals surface area (Å²) >= 11 is 0. The molecule has 3 rings (SSSR count). The normalized spacial score (nSPS) is 11.2. The molecular weight excluding hydrogens is 356 g/mol. The second kappa shape index (κ2) is 8.12. The van der Waals surface area contributed by atoms with Gasteiger partial charge in [-0.15, -0.1) is 0 Å². The van der Waals surface area contributed by atoms with E-state index in [1.807, 2.05) is 27.7 Å². The Bertz CT molecular complexity index is 951. The molecule has 3 heteroatoms. The van der Waals surface area contributed by atoms with Gasteiger partial charge in [0.1, 0.15) is 0 Å². The van der Waals surface area contributed by atoms with Crippen molar-refractivity contribution in [2.24, 2.45) is 5.41 Å². The van der Waals surface area contributed by atoms with E-state index >= 15 is 0 Å². The largest absolute Gasteiger partial charge is 0.325 e. The van der Waals surface area contributed by atoms with E-state index in [0.717, 1.165) is 28.3 Å². The first-order valence-electron chi connectivity index (χ1n) is 10.0. The van der Waals surface area contributed by atoms with Crippen molar-refractivity contribution in [2.45, 2.75) is 41.5 Å². The molecule has 3 aromatic rings. The molecule has 0 aliphatic rings. The van der Waals surface area contributed by atoms with E-state index in [4.69, 9.17) is 0 Å². The number of hydrogen-bond acceptors (Lipinski definition) is 2. The summed E-state index contributed by atoms with van der Waals surface area (Å²) in [5.74, 6) is 0.00923. The van der Waals surface area contributed by atoms with Crippen molar-refractivity contribution in [1.29, 1.82) is 0 Å². The number of amides is 1. The number of anilines is 4. The van der Waals surface area contributed by atoms with Crippen LogP contribution in [-0.4, -0.2) is 5.91 Å². The van der Waals surface area contributed by atoms with Gasteiger partial charge in [0.15, 0.2) is 0 Å². The van der Waals surface area contributed by atoms with Crippen molar-refractivity contribution in [1.82, 2.24) is 0 Å². The minimum atomic E-state index is -0.448. The fourth-order valence-corrected chi connectivity index (χ4v) is 3.03. The molecule has 3 aromatic carbocycles. The van der Waals surface area contributed by atoms with E-state index in [-0.39, 0.29) is 5.91 Å². The van der Waals surface area contributed by atoms with Crippen LogP contribution < -0.4 is 10.2 Å². The Hall–Kier alpha value is -3.07. The van der Waals surface area contributed by atoms with Crippen molar-refractivity contribution in [3.05, 3.63) is 83.4 Å². The molecule has 0 fully saturated rings. The minimum Gasteiger partial charge on any atom is -0.325 e. The number of nitrogens with zero attached hydrogens (tertiary/aromatic N) is 1. The van der Waals surface area contributed by atoms with Crippen LogP contribution in [0.2, 0.25) is 0 Å². The molecule has 3 nitrogen and oxygen atoms in total. The zero-order valence-corrected chi connectivity index (χ0v) is 18.2. The lowest BCUT2D eigenvalue weighted by atomic mass is 9.95. The van der Waals surface area contributed by atoms with Crippen LogP contribution in [0, 0.1) is 26.2 Å². The van der Waals surface area contributed by atoms with Crippen molar-refractivity contribution < 1.29 is 4.79 Å². The zero-order valence-electron chi connectivity index (χ0n) is 18.2. The predicted molar refractivity (Wildman–Crippen MR) is 123 cm³/mol. The Morgan fingerprint density at radius 2 is 1.17 bits per heavy atom. The molecule has 1 N–H and O–H groups in total. The maximum Gasteiger partial charge on any atom is 0.229 e. The number of carbonyl (C=O) groups excluding carboxylic acids is 1. The highest BCUT2D eigenvalue weighted by Crippen LogP contribution is 2.37. The molecule has 0 aliphatic carbocycles. The maximum absolute atomic E-state index is 12.6. The van der Waals surface area contributed by atoms with Crippen LogP contribution in [0.15, 0.2) is 66.7 Å². The maximum atomic E-state index is 12.6. The Morgan fingerprint density at radius 1 is 0.724 bits per heavy atom. The molecule has 0 saturated carbocycles. The second-order valence-corrected chi connectivity index (χ2v) is 8.71. The number of hydrogen-bond donors (Lipinski definition) is 1. The summed E-state index contributed by atoms with van der Waals surface area (Å²) in [4.78, 5) is 14.8. The summed E-state index contributed by atoms with van der Waals surface area (Å²) < 4.78 is 0. The predicted octanol–water partition coefficient (Wildman–Crippen LogP) is 7.07. The summed E-state index contributed by atoms with van der Waals surface area (Å²) in [6.07, 6.45) is 0. The lowest BCUT2D eigenvalue weighted by Gasteiger charge is -2.27. The third-order valence-electron chi connectivity index (χ3n) is 4.99. The van der Waals surface area contributed by atoms with Crippen LogP contribution in [0.5, 0.6) is 0 Å². The Morgan fingerprint density at radius 3 is 1.62 bits per heavy atom. The molecule has 0 saturated heterocycles. The fourth-order valence-electron chi connectivity index (χ4n) is 3.03. The van der Waals surface area contributed by atoms with Crippen LogP contribution in [0.25, 0.3) is 0 Å². The van der Waals surface area contributed by atoms with E-state index in [2.05, 4.69) is 90.8 Å². The zero-order chi connectivity index (χ0) is 21.2. The summed E-state index contributed by atoms with van der Waals surface area (Å²) in [6.45, 7) is 12.0. The first-order chi connectivity index (χ1) is 13.6. The van der Waals surface area contributed by atoms with Gasteiger partial charge in [-0.05, 0) is 62.7 Å². The SMILES string of the molecule is Cc1ccc(N(c2ccc(C)cc2)c2ccc(C)c(NC(=O)C(C)(C)C)c2)cc1. The van der Waals surface area contributed by atoms with Crippen LogP contribution in [-0.2, 0) is 4.79 Å². The molecule has 0 bridgehead atoms. The molecule has 0 unspecified atom stereocenters. The van der Waals surface area contributed by atoms with Gasteiger partial charge in [0.2, 0.25) is 5.91 Å². The van der Waals surface area contributed by atoms with Gasteiger partial charge in [-0.1, -0.05) is 62.2 Å². The monoisotopic (exact) mass is 386 g/mol. The van der Waals surface area contributed by atoms with Gasteiger partial charge in [-0.2, -0.15) is 0 Å². The van der Waals surface area contributed by atoms with Crippen molar-refractivity contribution in [3.63, 3.8) is 0 Å². The first-order valence-corrected chi connectivity index (χ1v) is 10.0. The molecule has 29 heavy (non-hydrogen) atoms. The molecule has 1 amide bonds. The molecule has 0 heterocycles. The van der Waals surface area contributed by atoms with E-state index in [0.29, 0.717) is 0 Å². The standard InChI is InChI=1S/C26H30N2O/c1-18-7-12-21(13-8-18)28(22-14-9-19(2)10-15-22)23-16-11-20(3)24(17-23)27-25(29)26(4,5)6/h7-17H,1-6H3,(H,27,29). The van der Waals surface area contributed by atoms with Gasteiger partial charge in [-0.25, -0.2) is 0 Å². The smallest absolute Gasteiger partial charge is 0.229 e. The van der Waals surface area contributed by atoms with Crippen molar-refractivity contribution >= 4 is 28.7 Å². The first kappa shape index (κ1) is 20.7. The summed E-state index contributed by atoms with van der Waals surface area (Å²) in [5.41, 5.74) is 7.04. The lowest BCUT2D eigenvalue weighted by Crippen LogP contribution is -2.28. The quantitative estimate of drug-likeness (QED) is 0.520. The van der Waals surface area contributed by atoms with Crippen molar-refractivity contribution in [3.8, 4) is 0 Å². The van der Waals surface area contributed by atoms with Gasteiger partial charge >= 0.3 is 0 Å². The van der Waals surface area contributed by atoms with Gasteiger partial charge in [0.25, 0.3) is 0 Å². The van der Waals surface area contributed by atoms with Crippen molar-refractivity contribution in [2.75, 3.05) is 10.2 Å². The molecule has 0 radical (unpaired) electrons. The van der Waals surface area contributed by atoms with E-state index < -0.39 is 5.41 Å². The minimum absolute atomic E-state index is 0.00923. The third-order valence-corrected chi connectivity index (χ3v) is 4.99. The number of benzene rings is 3. The van der Waals surface area contributed by atoms with Gasteiger partial charge in [0, 0.05) is 28.2 Å². The Kier molecular flexibility index (Phi) is 5.78. The second-order valence-electron chi connectivity index (χ2n) is 8.71. The summed E-state index contributed by atoms with van der Waals surface area (Å²) in [7, 11) is 0. The lowest BCUT2D eigenvalue weighted by molar-refractivity contribution is -0.123. The van der Waals surface area contributed by atoms with Gasteiger partial charge in [-0.3, -0.25) is 4.79 Å². The Labute approximate surface area is 174 Å². The molecule has 0 aliphatic heterocycles. The van der Waals surface area contributed by atoms with Crippen LogP contribution >= 0.6 is 0 Å². The number of aryl methyl sites for hydroxylation is 3. The van der Waals surface area contributed by atoms with Gasteiger partial charge < -0.3 is 10.2 Å². The summed E-state index contributed by atoms with van der Waals surface area (Å²) in [6, 6.07) is 23.2. The molecule has 0 atom stereocenters. The number of nitrogens with one attached hydrogen (secondary N) is 1. The summed E-state index contributed by atoms with van der Waals surface area (Å²) in [5, 5.41) is 3.10. The highest BCUT2D eigenvalue weighted by molar-refractivity contribution is 5.96. The van der Waals surface area contributed by atoms with Crippen LogP contribution in [0.3, 0.4) is 0 Å². The number of carbonyl (C=O) groups is 1. The van der Waals surface area contributed by atoms with Gasteiger partial charge in [0.05, 0.1) is 0 Å². The van der Waals surface area contributed by atoms with E-state index in [1.54, 1.807) is 0 Å². The molecular formula is C26H30N2O. The molecule has 0 aromatic heterocycles. The van der Waals surface area contributed by atoms with Crippen LogP contribution in [0.1, 0.15) is 37.5 Å². The molecule has 150 valence electrons. The third kappa shape index (κ3) is 4.86.